The predicted molar refractivity (Wildman–Crippen MR) is 133 cm³/mol. The van der Waals surface area contributed by atoms with Crippen molar-refractivity contribution in [2.24, 2.45) is 23.7 Å². The maximum atomic E-state index is 6.79. The topological polar surface area (TPSA) is 46.2 Å². The molecular weight excluding hydrogens is 496 g/mol. The van der Waals surface area contributed by atoms with Crippen molar-refractivity contribution < 1.29 is 23.7 Å². The molecule has 1 heterocycles. The Morgan fingerprint density at radius 1 is 0.824 bits per heavy atom. The second-order valence-corrected chi connectivity index (χ2v) is 10.9. The van der Waals surface area contributed by atoms with Crippen LogP contribution in [0.3, 0.4) is 0 Å². The zero-order chi connectivity index (χ0) is 23.5. The van der Waals surface area contributed by atoms with Crippen LogP contribution in [-0.2, 0) is 36.9 Å². The van der Waals surface area contributed by atoms with Gasteiger partial charge in [0.25, 0.3) is 0 Å². The van der Waals surface area contributed by atoms with Gasteiger partial charge in [0.15, 0.2) is 6.29 Å². The maximum absolute atomic E-state index is 6.79. The van der Waals surface area contributed by atoms with E-state index in [1.807, 2.05) is 36.4 Å². The van der Waals surface area contributed by atoms with Crippen molar-refractivity contribution >= 4 is 15.9 Å². The summed E-state index contributed by atoms with van der Waals surface area (Å²) in [5.74, 6) is 1.86. The summed E-state index contributed by atoms with van der Waals surface area (Å²) in [7, 11) is 1.76. The monoisotopic (exact) mass is 530 g/mol. The van der Waals surface area contributed by atoms with E-state index in [9.17, 15) is 0 Å². The summed E-state index contributed by atoms with van der Waals surface area (Å²) in [6, 6.07) is 20.4. The molecule has 0 radical (unpaired) electrons. The standard InChI is InChI=1S/C28H35BrO5/c1-18-21-13-22-25(18)28(30-2)34-24(17-32-15-20-11-7-4-8-12-20)23(33-27(22)26(21)29)16-31-14-19-9-5-3-6-10-19/h3-12,18,21-28H,13-17H2,1-2H3. The van der Waals surface area contributed by atoms with E-state index >= 15 is 0 Å². The van der Waals surface area contributed by atoms with Crippen LogP contribution in [0.25, 0.3) is 0 Å². The number of fused-ring (bicyclic) bond motifs is 1. The van der Waals surface area contributed by atoms with Gasteiger partial charge in [-0.05, 0) is 35.3 Å². The highest BCUT2D eigenvalue weighted by atomic mass is 79.9. The SMILES string of the molecule is COC1OC(COCc2ccccc2)C(COCc2ccccc2)OC2C(Br)C3CC2C1C3C. The van der Waals surface area contributed by atoms with Gasteiger partial charge in [-0.25, -0.2) is 0 Å². The molecule has 5 rings (SSSR count). The second-order valence-electron chi connectivity index (χ2n) is 9.86. The van der Waals surface area contributed by atoms with Crippen LogP contribution in [0.2, 0.25) is 0 Å². The van der Waals surface area contributed by atoms with Crippen LogP contribution < -0.4 is 0 Å². The fraction of sp³-hybridized carbons (Fsp3) is 0.571. The Kier molecular flexibility index (Phi) is 8.04. The highest BCUT2D eigenvalue weighted by Gasteiger charge is 2.60. The molecule has 5 nitrogen and oxygen atoms in total. The van der Waals surface area contributed by atoms with Gasteiger partial charge in [-0.3, -0.25) is 0 Å². The van der Waals surface area contributed by atoms with Crippen molar-refractivity contribution in [1.82, 2.24) is 0 Å². The molecule has 3 aliphatic rings. The number of alkyl halides is 1. The number of rotatable bonds is 9. The molecule has 0 amide bonds. The van der Waals surface area contributed by atoms with E-state index in [4.69, 9.17) is 23.7 Å². The first-order valence-corrected chi connectivity index (χ1v) is 13.3. The Balaban J connectivity index is 1.31. The first-order valence-electron chi connectivity index (χ1n) is 12.4. The Morgan fingerprint density at radius 2 is 1.38 bits per heavy atom. The van der Waals surface area contributed by atoms with Gasteiger partial charge in [-0.2, -0.15) is 0 Å². The van der Waals surface area contributed by atoms with Gasteiger partial charge in [0.05, 0.1) is 32.5 Å². The summed E-state index contributed by atoms with van der Waals surface area (Å²) in [4.78, 5) is 0.349. The molecule has 9 unspecified atom stereocenters. The molecule has 0 spiro atoms. The smallest absolute Gasteiger partial charge is 0.161 e. The molecule has 1 saturated heterocycles. The fourth-order valence-corrected chi connectivity index (χ4v) is 7.33. The lowest BCUT2D eigenvalue weighted by Gasteiger charge is -2.46. The highest BCUT2D eigenvalue weighted by Crippen LogP contribution is 2.58. The van der Waals surface area contributed by atoms with Crippen LogP contribution in [0.4, 0.5) is 0 Å². The van der Waals surface area contributed by atoms with Crippen molar-refractivity contribution in [2.75, 3.05) is 20.3 Å². The van der Waals surface area contributed by atoms with Gasteiger partial charge in [0.2, 0.25) is 0 Å². The van der Waals surface area contributed by atoms with Gasteiger partial charge in [0.1, 0.15) is 12.2 Å². The predicted octanol–water partition coefficient (Wildman–Crippen LogP) is 5.21. The van der Waals surface area contributed by atoms with Crippen LogP contribution in [0.5, 0.6) is 0 Å². The van der Waals surface area contributed by atoms with Crippen molar-refractivity contribution in [1.29, 1.82) is 0 Å². The van der Waals surface area contributed by atoms with E-state index in [0.717, 1.165) is 17.5 Å². The molecule has 2 aromatic carbocycles. The van der Waals surface area contributed by atoms with Crippen molar-refractivity contribution in [2.45, 2.75) is 56.0 Å². The Labute approximate surface area is 211 Å². The van der Waals surface area contributed by atoms with E-state index in [1.165, 1.54) is 0 Å². The fourth-order valence-electron chi connectivity index (χ4n) is 6.12. The third kappa shape index (κ3) is 5.13. The van der Waals surface area contributed by atoms with Crippen LogP contribution in [0.1, 0.15) is 24.5 Å². The van der Waals surface area contributed by atoms with Gasteiger partial charge in [-0.1, -0.05) is 83.5 Å². The number of methoxy groups -OCH3 is 1. The van der Waals surface area contributed by atoms with Gasteiger partial charge < -0.3 is 23.7 Å². The van der Waals surface area contributed by atoms with Crippen LogP contribution in [0.15, 0.2) is 60.7 Å². The largest absolute Gasteiger partial charge is 0.374 e. The molecule has 9 atom stereocenters. The minimum atomic E-state index is -0.281. The van der Waals surface area contributed by atoms with E-state index in [-0.39, 0.29) is 24.6 Å². The third-order valence-corrected chi connectivity index (χ3v) is 9.06. The number of hydrogen-bond donors (Lipinski definition) is 0. The average Bonchev–Trinajstić information content (AvgIpc) is 3.35. The molecule has 34 heavy (non-hydrogen) atoms. The number of hydrogen-bond acceptors (Lipinski definition) is 5. The normalized spacial score (nSPS) is 36.9. The van der Waals surface area contributed by atoms with Crippen molar-refractivity contribution in [3.8, 4) is 0 Å². The third-order valence-electron chi connectivity index (χ3n) is 7.86. The minimum absolute atomic E-state index is 0.134. The van der Waals surface area contributed by atoms with Gasteiger partial charge >= 0.3 is 0 Å². The first kappa shape index (κ1) is 24.4. The average molecular weight is 531 g/mol. The second kappa shape index (κ2) is 11.2. The molecule has 6 heteroatoms. The van der Waals surface area contributed by atoms with Crippen molar-refractivity contribution in [3.63, 3.8) is 0 Å². The minimum Gasteiger partial charge on any atom is -0.374 e. The lowest BCUT2D eigenvalue weighted by Crippen LogP contribution is -2.55. The van der Waals surface area contributed by atoms with E-state index < -0.39 is 0 Å². The lowest BCUT2D eigenvalue weighted by molar-refractivity contribution is -0.273. The van der Waals surface area contributed by atoms with Gasteiger partial charge in [-0.15, -0.1) is 0 Å². The molecule has 184 valence electrons. The number of ether oxygens (including phenoxy) is 5. The molecule has 2 bridgehead atoms. The zero-order valence-electron chi connectivity index (χ0n) is 19.9. The van der Waals surface area contributed by atoms with Gasteiger partial charge in [0, 0.05) is 17.9 Å². The molecule has 2 aromatic rings. The molecule has 1 aliphatic heterocycles. The number of benzene rings is 2. The summed E-state index contributed by atoms with van der Waals surface area (Å²) in [5.41, 5.74) is 2.29. The Bertz CT molecular complexity index is 896. The quantitative estimate of drug-likeness (QED) is 0.416. The number of halogens is 1. The van der Waals surface area contributed by atoms with Crippen LogP contribution >= 0.6 is 15.9 Å². The molecule has 0 N–H and O–H groups in total. The zero-order valence-corrected chi connectivity index (χ0v) is 21.5. The van der Waals surface area contributed by atoms with Crippen LogP contribution in [-0.4, -0.2) is 49.8 Å². The van der Waals surface area contributed by atoms with E-state index in [0.29, 0.717) is 54.9 Å². The summed E-state index contributed by atoms with van der Waals surface area (Å²) in [6.07, 6.45) is 0.505. The molecule has 0 aromatic heterocycles. The summed E-state index contributed by atoms with van der Waals surface area (Å²) in [5, 5.41) is 0. The van der Waals surface area contributed by atoms with E-state index in [1.54, 1.807) is 7.11 Å². The Hall–Kier alpha value is -1.28. The summed E-state index contributed by atoms with van der Waals surface area (Å²) in [6.45, 7) is 4.27. The van der Waals surface area contributed by atoms with Crippen molar-refractivity contribution in [3.05, 3.63) is 71.8 Å². The summed E-state index contributed by atoms with van der Waals surface area (Å²) < 4.78 is 31.6. The highest BCUT2D eigenvalue weighted by molar-refractivity contribution is 9.09. The van der Waals surface area contributed by atoms with E-state index in [2.05, 4.69) is 47.1 Å². The Morgan fingerprint density at radius 3 is 1.91 bits per heavy atom. The molecule has 3 fully saturated rings. The summed E-state index contributed by atoms with van der Waals surface area (Å²) >= 11 is 3.98. The molecule has 2 saturated carbocycles. The van der Waals surface area contributed by atoms with Crippen LogP contribution in [0, 0.1) is 23.7 Å². The maximum Gasteiger partial charge on any atom is 0.161 e. The molecule has 2 aliphatic carbocycles. The molecular formula is C28H35BrO5. The lowest BCUT2D eigenvalue weighted by atomic mass is 9.78. The first-order chi connectivity index (χ1) is 16.7.